The van der Waals surface area contributed by atoms with Gasteiger partial charge in [0.2, 0.25) is 0 Å². The van der Waals surface area contributed by atoms with Crippen LogP contribution < -0.4 is 5.73 Å². The van der Waals surface area contributed by atoms with Crippen LogP contribution >= 0.6 is 0 Å². The molecule has 0 aliphatic rings. The summed E-state index contributed by atoms with van der Waals surface area (Å²) in [7, 11) is 2.77. The zero-order valence-electron chi connectivity index (χ0n) is 9.01. The fraction of sp³-hybridized carbons (Fsp3) is 0.444. The number of hydrogen-bond donors (Lipinski definition) is 2. The lowest BCUT2D eigenvalue weighted by atomic mass is 10.0. The van der Waals surface area contributed by atoms with Gasteiger partial charge in [-0.05, 0) is 0 Å². The maximum atomic E-state index is 11.4. The van der Waals surface area contributed by atoms with E-state index in [1.165, 1.54) is 18.0 Å². The summed E-state index contributed by atoms with van der Waals surface area (Å²) in [5, 5.41) is 12.8. The third kappa shape index (κ3) is 2.03. The van der Waals surface area contributed by atoms with Crippen molar-refractivity contribution < 1.29 is 19.4 Å². The summed E-state index contributed by atoms with van der Waals surface area (Å²) < 4.78 is 5.86. The van der Waals surface area contributed by atoms with E-state index in [0.29, 0.717) is 0 Å². The Bertz CT molecular complexity index is 413. The van der Waals surface area contributed by atoms with Crippen molar-refractivity contribution in [3.8, 4) is 0 Å². The molecule has 0 spiro atoms. The van der Waals surface area contributed by atoms with Crippen molar-refractivity contribution in [1.29, 1.82) is 0 Å². The molecule has 1 rings (SSSR count). The molecule has 88 valence electrons. The molecule has 16 heavy (non-hydrogen) atoms. The van der Waals surface area contributed by atoms with Crippen molar-refractivity contribution >= 4 is 11.9 Å². The lowest BCUT2D eigenvalue weighted by Gasteiger charge is -2.11. The number of aliphatic carboxylic acids is 1. The van der Waals surface area contributed by atoms with Crippen LogP contribution in [0.15, 0.2) is 6.20 Å². The second-order valence-corrected chi connectivity index (χ2v) is 3.19. The lowest BCUT2D eigenvalue weighted by Crippen LogP contribution is -2.25. The Morgan fingerprint density at radius 2 is 2.31 bits per heavy atom. The van der Waals surface area contributed by atoms with Gasteiger partial charge in [0, 0.05) is 13.6 Å². The van der Waals surface area contributed by atoms with Crippen LogP contribution in [0.1, 0.15) is 22.0 Å². The quantitative estimate of drug-likeness (QED) is 0.661. The number of carboxylic acids is 1. The zero-order valence-corrected chi connectivity index (χ0v) is 9.01. The Labute approximate surface area is 91.8 Å². The SMILES string of the molecule is COC(=O)c1cnn(C)c1C(CN)C(=O)O. The molecule has 3 N–H and O–H groups in total. The second-order valence-electron chi connectivity index (χ2n) is 3.19. The third-order valence-electron chi connectivity index (χ3n) is 2.25. The van der Waals surface area contributed by atoms with Crippen molar-refractivity contribution in [2.45, 2.75) is 5.92 Å². The van der Waals surface area contributed by atoms with Crippen molar-refractivity contribution in [1.82, 2.24) is 9.78 Å². The Kier molecular flexibility index (Phi) is 3.62. The molecule has 0 fully saturated rings. The normalized spacial score (nSPS) is 12.2. The molecule has 0 radical (unpaired) electrons. The molecular formula is C9H13N3O4. The molecule has 0 bridgehead atoms. The van der Waals surface area contributed by atoms with Crippen molar-refractivity contribution in [3.05, 3.63) is 17.5 Å². The average Bonchev–Trinajstić information content (AvgIpc) is 2.61. The summed E-state index contributed by atoms with van der Waals surface area (Å²) in [6, 6.07) is 0. The first-order valence-corrected chi connectivity index (χ1v) is 4.56. The largest absolute Gasteiger partial charge is 0.481 e. The molecule has 1 atom stereocenters. The number of nitrogens with two attached hydrogens (primary N) is 1. The van der Waals surface area contributed by atoms with Crippen LogP contribution in [0.4, 0.5) is 0 Å². The van der Waals surface area contributed by atoms with E-state index in [9.17, 15) is 9.59 Å². The maximum absolute atomic E-state index is 11.4. The molecular weight excluding hydrogens is 214 g/mol. The number of hydrogen-bond acceptors (Lipinski definition) is 5. The molecule has 1 heterocycles. The van der Waals surface area contributed by atoms with Crippen molar-refractivity contribution in [3.63, 3.8) is 0 Å². The predicted molar refractivity (Wildman–Crippen MR) is 54.0 cm³/mol. The van der Waals surface area contributed by atoms with Gasteiger partial charge in [0.25, 0.3) is 0 Å². The first kappa shape index (κ1) is 12.2. The summed E-state index contributed by atoms with van der Waals surface area (Å²) in [5.74, 6) is -2.69. The van der Waals surface area contributed by atoms with Gasteiger partial charge in [-0.25, -0.2) is 4.79 Å². The van der Waals surface area contributed by atoms with E-state index in [1.807, 2.05) is 0 Å². The number of ether oxygens (including phenoxy) is 1. The summed E-state index contributed by atoms with van der Waals surface area (Å²) >= 11 is 0. The number of rotatable bonds is 4. The molecule has 0 aliphatic heterocycles. The van der Waals surface area contributed by atoms with Crippen molar-refractivity contribution in [2.24, 2.45) is 12.8 Å². The van der Waals surface area contributed by atoms with E-state index in [1.54, 1.807) is 7.05 Å². The van der Waals surface area contributed by atoms with Gasteiger partial charge in [-0.15, -0.1) is 0 Å². The molecule has 0 aliphatic carbocycles. The summed E-state index contributed by atoms with van der Waals surface area (Å²) in [5.41, 5.74) is 5.75. The third-order valence-corrected chi connectivity index (χ3v) is 2.25. The topological polar surface area (TPSA) is 107 Å². The molecule has 1 unspecified atom stereocenters. The number of methoxy groups -OCH3 is 1. The zero-order chi connectivity index (χ0) is 12.3. The van der Waals surface area contributed by atoms with Crippen LogP contribution in [0.2, 0.25) is 0 Å². The monoisotopic (exact) mass is 227 g/mol. The molecule has 0 amide bonds. The van der Waals surface area contributed by atoms with E-state index in [4.69, 9.17) is 10.8 Å². The standard InChI is InChI=1S/C9H13N3O4/c1-12-7(5(3-10)8(13)14)6(4-11-12)9(15)16-2/h4-5H,3,10H2,1-2H3,(H,13,14). The van der Waals surface area contributed by atoms with E-state index >= 15 is 0 Å². The minimum absolute atomic E-state index is 0.112. The van der Waals surface area contributed by atoms with Gasteiger partial charge in [-0.2, -0.15) is 5.10 Å². The Hall–Kier alpha value is -1.89. The van der Waals surface area contributed by atoms with Gasteiger partial charge in [0.15, 0.2) is 0 Å². The molecule has 1 aromatic heterocycles. The van der Waals surface area contributed by atoms with E-state index < -0.39 is 17.9 Å². The highest BCUT2D eigenvalue weighted by Gasteiger charge is 2.28. The van der Waals surface area contributed by atoms with E-state index in [2.05, 4.69) is 9.84 Å². The van der Waals surface area contributed by atoms with Crippen LogP contribution in [0, 0.1) is 0 Å². The highest BCUT2D eigenvalue weighted by atomic mass is 16.5. The van der Waals surface area contributed by atoms with E-state index in [0.717, 1.165) is 0 Å². The van der Waals surface area contributed by atoms with Gasteiger partial charge in [0.05, 0.1) is 19.0 Å². The molecule has 1 aromatic rings. The van der Waals surface area contributed by atoms with Gasteiger partial charge >= 0.3 is 11.9 Å². The number of aryl methyl sites for hydroxylation is 1. The average molecular weight is 227 g/mol. The highest BCUT2D eigenvalue weighted by molar-refractivity contribution is 5.92. The predicted octanol–water partition coefficient (Wildman–Crippen LogP) is -0.666. The maximum Gasteiger partial charge on any atom is 0.341 e. The number of carboxylic acid groups (broad SMARTS) is 1. The van der Waals surface area contributed by atoms with Crippen LogP contribution in [0.25, 0.3) is 0 Å². The fourth-order valence-electron chi connectivity index (χ4n) is 1.46. The second kappa shape index (κ2) is 4.75. The number of aromatic nitrogens is 2. The summed E-state index contributed by atoms with van der Waals surface area (Å²) in [6.45, 7) is -0.112. The molecule has 0 saturated carbocycles. The number of esters is 1. The molecule has 0 aromatic carbocycles. The molecule has 7 heteroatoms. The summed E-state index contributed by atoms with van der Waals surface area (Å²) in [4.78, 5) is 22.4. The first-order valence-electron chi connectivity index (χ1n) is 4.56. The van der Waals surface area contributed by atoms with Crippen LogP contribution in [-0.2, 0) is 16.6 Å². The van der Waals surface area contributed by atoms with Crippen LogP contribution in [0.3, 0.4) is 0 Å². The number of carbonyl (C=O) groups is 2. The first-order chi connectivity index (χ1) is 7.52. The summed E-state index contributed by atoms with van der Waals surface area (Å²) in [6.07, 6.45) is 1.27. The van der Waals surface area contributed by atoms with Crippen LogP contribution in [0.5, 0.6) is 0 Å². The molecule has 7 nitrogen and oxygen atoms in total. The minimum Gasteiger partial charge on any atom is -0.481 e. The van der Waals surface area contributed by atoms with Gasteiger partial charge < -0.3 is 15.6 Å². The molecule has 0 saturated heterocycles. The van der Waals surface area contributed by atoms with Crippen molar-refractivity contribution in [2.75, 3.05) is 13.7 Å². The van der Waals surface area contributed by atoms with Gasteiger partial charge in [-0.1, -0.05) is 0 Å². The Morgan fingerprint density at radius 1 is 1.69 bits per heavy atom. The number of carbonyl (C=O) groups excluding carboxylic acids is 1. The van der Waals surface area contributed by atoms with E-state index in [-0.39, 0.29) is 17.8 Å². The minimum atomic E-state index is -1.10. The highest BCUT2D eigenvalue weighted by Crippen LogP contribution is 2.19. The Balaban J connectivity index is 3.24. The van der Waals surface area contributed by atoms with Gasteiger partial charge in [-0.3, -0.25) is 9.48 Å². The van der Waals surface area contributed by atoms with Crippen LogP contribution in [-0.4, -0.2) is 40.5 Å². The number of nitrogens with zero attached hydrogens (tertiary/aromatic N) is 2. The fourth-order valence-corrected chi connectivity index (χ4v) is 1.46. The Morgan fingerprint density at radius 3 is 2.75 bits per heavy atom. The van der Waals surface area contributed by atoms with Gasteiger partial charge in [0.1, 0.15) is 11.5 Å². The lowest BCUT2D eigenvalue weighted by molar-refractivity contribution is -0.138. The smallest absolute Gasteiger partial charge is 0.341 e.